The van der Waals surface area contributed by atoms with Gasteiger partial charge in [-0.1, -0.05) is 12.2 Å². The molecule has 0 aliphatic carbocycles. The predicted octanol–water partition coefficient (Wildman–Crippen LogP) is 3.23. The number of aliphatic imine (C=N–C) groups is 1. The Bertz CT molecular complexity index is 227. The van der Waals surface area contributed by atoms with Gasteiger partial charge < -0.3 is 0 Å². The van der Waals surface area contributed by atoms with Crippen molar-refractivity contribution in [2.75, 3.05) is 6.26 Å². The summed E-state index contributed by atoms with van der Waals surface area (Å²) in [7, 11) is 0. The van der Waals surface area contributed by atoms with E-state index in [4.69, 9.17) is 12.2 Å². The van der Waals surface area contributed by atoms with Gasteiger partial charge in [0.15, 0.2) is 0 Å². The Morgan fingerprint density at radius 3 is 2.67 bits per heavy atom. The quantitative estimate of drug-likeness (QED) is 0.299. The van der Waals surface area contributed by atoms with Gasteiger partial charge in [-0.2, -0.15) is 0 Å². The number of hydrogen-bond acceptors (Lipinski definition) is 3. The van der Waals surface area contributed by atoms with E-state index in [1.807, 2.05) is 32.3 Å². The van der Waals surface area contributed by atoms with Crippen LogP contribution in [0.25, 0.3) is 0 Å². The smallest absolute Gasteiger partial charge is 0.0705 e. The molecule has 0 heterocycles. The van der Waals surface area contributed by atoms with Crippen LogP contribution < -0.4 is 0 Å². The second-order valence-corrected chi connectivity index (χ2v) is 3.68. The first kappa shape index (κ1) is 11.6. The molecule has 0 unspecified atom stereocenters. The number of thioether (sulfide) groups is 1. The summed E-state index contributed by atoms with van der Waals surface area (Å²) in [6.45, 7) is 3.89. The third-order valence-corrected chi connectivity index (χ3v) is 2.26. The van der Waals surface area contributed by atoms with Gasteiger partial charge in [0.25, 0.3) is 0 Å². The molecule has 3 heteroatoms. The van der Waals surface area contributed by atoms with Crippen molar-refractivity contribution < 1.29 is 0 Å². The highest BCUT2D eigenvalue weighted by Crippen LogP contribution is 2.04. The molecule has 0 radical (unpaired) electrons. The summed E-state index contributed by atoms with van der Waals surface area (Å²) in [5.41, 5.74) is 1.12. The van der Waals surface area contributed by atoms with Gasteiger partial charge in [0.1, 0.15) is 0 Å². The summed E-state index contributed by atoms with van der Waals surface area (Å²) in [4.78, 5) is 3.95. The summed E-state index contributed by atoms with van der Waals surface area (Å²) < 4.78 is 0.901. The summed E-state index contributed by atoms with van der Waals surface area (Å²) in [5, 5.41) is 0. The van der Waals surface area contributed by atoms with Gasteiger partial charge in [0.05, 0.1) is 4.20 Å². The number of allylic oxidation sites excluding steroid dienone is 2. The molecule has 0 N–H and O–H groups in total. The van der Waals surface area contributed by atoms with Crippen LogP contribution in [0.2, 0.25) is 0 Å². The van der Waals surface area contributed by atoms with Crippen molar-refractivity contribution in [2.24, 2.45) is 4.99 Å². The summed E-state index contributed by atoms with van der Waals surface area (Å²) in [6, 6.07) is 0. The van der Waals surface area contributed by atoms with Gasteiger partial charge in [-0.05, 0) is 37.8 Å². The van der Waals surface area contributed by atoms with Gasteiger partial charge in [-0.3, -0.25) is 4.99 Å². The van der Waals surface area contributed by atoms with E-state index < -0.39 is 0 Å². The van der Waals surface area contributed by atoms with Gasteiger partial charge in [0.2, 0.25) is 0 Å². The van der Waals surface area contributed by atoms with Gasteiger partial charge in [0, 0.05) is 12.4 Å². The first-order valence-corrected chi connectivity index (χ1v) is 5.24. The van der Waals surface area contributed by atoms with Gasteiger partial charge in [-0.25, -0.2) is 0 Å². The van der Waals surface area contributed by atoms with Crippen LogP contribution in [-0.2, 0) is 0 Å². The van der Waals surface area contributed by atoms with Crippen LogP contribution in [0, 0.1) is 0 Å². The SMILES string of the molecule is CC=N/C=C\C(C)=CC(=S)SC. The molecule has 0 fully saturated rings. The minimum atomic E-state index is 0.901. The Labute approximate surface area is 83.7 Å². The highest BCUT2D eigenvalue weighted by Gasteiger charge is 1.86. The number of thiocarbonyl (C=S) groups is 1. The fraction of sp³-hybridized carbons (Fsp3) is 0.333. The molecule has 0 bridgehead atoms. The minimum Gasteiger partial charge on any atom is -0.269 e. The molecule has 0 spiro atoms. The van der Waals surface area contributed by atoms with E-state index in [1.165, 1.54) is 0 Å². The molecule has 0 saturated heterocycles. The molecule has 66 valence electrons. The summed E-state index contributed by atoms with van der Waals surface area (Å²) >= 11 is 6.60. The lowest BCUT2D eigenvalue weighted by Crippen LogP contribution is -1.79. The third kappa shape index (κ3) is 6.31. The highest BCUT2D eigenvalue weighted by molar-refractivity contribution is 8.23. The number of rotatable bonds is 3. The molecule has 0 rings (SSSR count). The highest BCUT2D eigenvalue weighted by atomic mass is 32.2. The van der Waals surface area contributed by atoms with Crippen molar-refractivity contribution in [1.29, 1.82) is 0 Å². The molecule has 0 aliphatic heterocycles. The average molecular weight is 199 g/mol. The number of hydrogen-bond donors (Lipinski definition) is 0. The maximum absolute atomic E-state index is 5.02. The molecule has 0 aromatic rings. The van der Waals surface area contributed by atoms with E-state index in [2.05, 4.69) is 4.99 Å². The molecule has 0 atom stereocenters. The lowest BCUT2D eigenvalue weighted by molar-refractivity contribution is 1.48. The second-order valence-electron chi connectivity index (χ2n) is 2.13. The average Bonchev–Trinajstić information content (AvgIpc) is 2.05. The van der Waals surface area contributed by atoms with E-state index in [-0.39, 0.29) is 0 Å². The van der Waals surface area contributed by atoms with E-state index in [1.54, 1.807) is 24.2 Å². The van der Waals surface area contributed by atoms with Crippen LogP contribution in [-0.4, -0.2) is 16.7 Å². The van der Waals surface area contributed by atoms with Gasteiger partial charge in [-0.15, -0.1) is 11.8 Å². The molecule has 0 aliphatic rings. The lowest BCUT2D eigenvalue weighted by Gasteiger charge is -1.91. The van der Waals surface area contributed by atoms with E-state index in [0.717, 1.165) is 9.77 Å². The van der Waals surface area contributed by atoms with Crippen LogP contribution >= 0.6 is 24.0 Å². The van der Waals surface area contributed by atoms with E-state index >= 15 is 0 Å². The zero-order chi connectivity index (χ0) is 9.40. The van der Waals surface area contributed by atoms with Crippen molar-refractivity contribution in [1.82, 2.24) is 0 Å². The Balaban J connectivity index is 4.10. The van der Waals surface area contributed by atoms with Crippen LogP contribution in [0.15, 0.2) is 28.9 Å². The minimum absolute atomic E-state index is 0.901. The van der Waals surface area contributed by atoms with Crippen molar-refractivity contribution in [3.8, 4) is 0 Å². The molecule has 12 heavy (non-hydrogen) atoms. The first-order valence-electron chi connectivity index (χ1n) is 3.61. The fourth-order valence-corrected chi connectivity index (χ4v) is 1.03. The van der Waals surface area contributed by atoms with Crippen molar-refractivity contribution >= 4 is 34.4 Å². The van der Waals surface area contributed by atoms with Gasteiger partial charge >= 0.3 is 0 Å². The topological polar surface area (TPSA) is 12.4 Å². The van der Waals surface area contributed by atoms with Crippen LogP contribution in [0.3, 0.4) is 0 Å². The summed E-state index contributed by atoms with van der Waals surface area (Å²) in [5.74, 6) is 0. The molecule has 0 aromatic carbocycles. The fourth-order valence-electron chi connectivity index (χ4n) is 0.540. The molecule has 0 aromatic heterocycles. The van der Waals surface area contributed by atoms with Crippen LogP contribution in [0.4, 0.5) is 0 Å². The van der Waals surface area contributed by atoms with E-state index in [9.17, 15) is 0 Å². The Morgan fingerprint density at radius 2 is 2.17 bits per heavy atom. The monoisotopic (exact) mass is 199 g/mol. The molecule has 0 amide bonds. The second kappa shape index (κ2) is 7.25. The number of nitrogens with zero attached hydrogens (tertiary/aromatic N) is 1. The normalized spacial score (nSPS) is 13.1. The maximum atomic E-state index is 5.02. The first-order chi connectivity index (χ1) is 5.70. The zero-order valence-electron chi connectivity index (χ0n) is 7.57. The molecular weight excluding hydrogens is 186 g/mol. The van der Waals surface area contributed by atoms with Crippen LogP contribution in [0.1, 0.15) is 13.8 Å². The lowest BCUT2D eigenvalue weighted by atomic mass is 10.3. The van der Waals surface area contributed by atoms with Crippen molar-refractivity contribution in [2.45, 2.75) is 13.8 Å². The maximum Gasteiger partial charge on any atom is 0.0705 e. The van der Waals surface area contributed by atoms with Crippen molar-refractivity contribution in [3.05, 3.63) is 23.9 Å². The van der Waals surface area contributed by atoms with Crippen LogP contribution in [0.5, 0.6) is 0 Å². The summed E-state index contributed by atoms with van der Waals surface area (Å²) in [6.07, 6.45) is 9.37. The molecular formula is C9H13NS2. The Morgan fingerprint density at radius 1 is 1.50 bits per heavy atom. The molecule has 1 nitrogen and oxygen atoms in total. The van der Waals surface area contributed by atoms with Crippen molar-refractivity contribution in [3.63, 3.8) is 0 Å². The largest absolute Gasteiger partial charge is 0.269 e. The Kier molecular flexibility index (Phi) is 7.00. The Hall–Kier alpha value is -0.410. The predicted molar refractivity (Wildman–Crippen MR) is 63.2 cm³/mol. The third-order valence-electron chi connectivity index (χ3n) is 1.12. The van der Waals surface area contributed by atoms with E-state index in [0.29, 0.717) is 0 Å². The zero-order valence-corrected chi connectivity index (χ0v) is 9.21. The standard InChI is InChI=1S/C9H13NS2/c1-4-10-6-5-8(2)7-9(11)12-3/h4-7H,1-3H3/b6-5-,8-7?,10-4?. The molecule has 0 saturated carbocycles.